The largest absolute Gasteiger partial charge is 0.493 e. The van der Waals surface area contributed by atoms with E-state index in [1.165, 1.54) is 43.2 Å². The molecule has 0 radical (unpaired) electrons. The van der Waals surface area contributed by atoms with Gasteiger partial charge in [0.25, 0.3) is 5.69 Å². The van der Waals surface area contributed by atoms with E-state index in [-0.39, 0.29) is 11.6 Å². The van der Waals surface area contributed by atoms with Crippen molar-refractivity contribution in [1.82, 2.24) is 4.90 Å². The molecule has 0 aromatic heterocycles. The molecule has 0 bridgehead atoms. The quantitative estimate of drug-likeness (QED) is 0.179. The zero-order valence-corrected chi connectivity index (χ0v) is 22.4. The molecule has 1 atom stereocenters. The van der Waals surface area contributed by atoms with E-state index in [0.717, 1.165) is 49.0 Å². The van der Waals surface area contributed by atoms with Crippen molar-refractivity contribution in [2.45, 2.75) is 42.9 Å². The molecule has 2 aliphatic heterocycles. The summed E-state index contributed by atoms with van der Waals surface area (Å²) >= 11 is 1.52. The second-order valence-electron chi connectivity index (χ2n) is 9.98. The summed E-state index contributed by atoms with van der Waals surface area (Å²) in [5.41, 5.74) is 2.89. The van der Waals surface area contributed by atoms with Crippen LogP contribution in [0.4, 0.5) is 11.4 Å². The minimum atomic E-state index is -0.413. The first-order valence-electron chi connectivity index (χ1n) is 13.2. The molecular weight excluding hydrogens is 498 g/mol. The van der Waals surface area contributed by atoms with Gasteiger partial charge in [0.05, 0.1) is 17.2 Å². The normalized spacial score (nSPS) is 17.8. The monoisotopic (exact) mass is 531 g/mol. The smallest absolute Gasteiger partial charge is 0.270 e. The van der Waals surface area contributed by atoms with Crippen molar-refractivity contribution in [3.8, 4) is 5.75 Å². The molecule has 38 heavy (non-hydrogen) atoms. The summed E-state index contributed by atoms with van der Waals surface area (Å²) in [7, 11) is 0. The Morgan fingerprint density at radius 2 is 1.79 bits per heavy atom. The molecule has 3 aromatic rings. The first-order valence-corrected chi connectivity index (χ1v) is 14.1. The highest BCUT2D eigenvalue weighted by Gasteiger charge is 2.36. The molecule has 1 fully saturated rings. The molecule has 1 amide bonds. The molecule has 198 valence electrons. The third-order valence-corrected chi connectivity index (χ3v) is 8.65. The molecule has 1 unspecified atom stereocenters. The number of carbonyl (C=O) groups is 1. The molecule has 0 spiro atoms. The first kappa shape index (κ1) is 26.3. The van der Waals surface area contributed by atoms with Crippen molar-refractivity contribution in [2.75, 3.05) is 31.1 Å². The van der Waals surface area contributed by atoms with E-state index >= 15 is 0 Å². The Morgan fingerprint density at radius 3 is 2.53 bits per heavy atom. The summed E-state index contributed by atoms with van der Waals surface area (Å²) in [5.74, 6) is 1.22. The van der Waals surface area contributed by atoms with Crippen LogP contribution < -0.4 is 9.64 Å². The molecule has 2 aliphatic rings. The Labute approximate surface area is 227 Å². The van der Waals surface area contributed by atoms with Gasteiger partial charge in [0, 0.05) is 36.1 Å². The van der Waals surface area contributed by atoms with E-state index in [4.69, 9.17) is 4.74 Å². The summed E-state index contributed by atoms with van der Waals surface area (Å²) in [5, 5.41) is 11.1. The first-order chi connectivity index (χ1) is 18.5. The molecule has 0 aliphatic carbocycles. The van der Waals surface area contributed by atoms with Crippen molar-refractivity contribution in [3.63, 3.8) is 0 Å². The number of amides is 1. The standard InChI is InChI=1S/C30H33N3O4S/c1-22(34)32-27-10-5-6-11-29(27)38-30(32)26-21-25(33(35)36)12-13-28(26)37-19-7-16-31-17-14-24(15-18-31)20-23-8-3-2-4-9-23/h2-6,8-13,21,24,30H,7,14-20H2,1H3. The number of nitro benzene ring substituents is 1. The highest BCUT2D eigenvalue weighted by Crippen LogP contribution is 2.53. The van der Waals surface area contributed by atoms with Gasteiger partial charge in [-0.05, 0) is 68.5 Å². The lowest BCUT2D eigenvalue weighted by atomic mass is 9.90. The van der Waals surface area contributed by atoms with Gasteiger partial charge >= 0.3 is 0 Å². The Morgan fingerprint density at radius 1 is 1.05 bits per heavy atom. The van der Waals surface area contributed by atoms with E-state index in [0.29, 0.717) is 17.9 Å². The Hall–Kier alpha value is -3.36. The highest BCUT2D eigenvalue weighted by atomic mass is 32.2. The molecule has 2 heterocycles. The van der Waals surface area contributed by atoms with Crippen molar-refractivity contribution in [3.05, 3.63) is 94.0 Å². The van der Waals surface area contributed by atoms with Crippen LogP contribution in [0.2, 0.25) is 0 Å². The molecule has 5 rings (SSSR count). The van der Waals surface area contributed by atoms with Crippen LogP contribution in [0, 0.1) is 16.0 Å². The summed E-state index contributed by atoms with van der Waals surface area (Å²) < 4.78 is 6.20. The van der Waals surface area contributed by atoms with E-state index in [2.05, 4.69) is 35.2 Å². The maximum absolute atomic E-state index is 12.6. The van der Waals surface area contributed by atoms with E-state index in [1.807, 2.05) is 24.3 Å². The number of rotatable bonds is 9. The molecule has 0 saturated carbocycles. The number of likely N-dealkylation sites (tertiary alicyclic amines) is 1. The summed E-state index contributed by atoms with van der Waals surface area (Å²) in [6.07, 6.45) is 4.44. The van der Waals surface area contributed by atoms with Gasteiger partial charge in [-0.2, -0.15) is 0 Å². The molecule has 1 saturated heterocycles. The maximum Gasteiger partial charge on any atom is 0.270 e. The average Bonchev–Trinajstić information content (AvgIpc) is 3.32. The van der Waals surface area contributed by atoms with Gasteiger partial charge in [0.1, 0.15) is 11.1 Å². The zero-order chi connectivity index (χ0) is 26.5. The van der Waals surface area contributed by atoms with Crippen LogP contribution >= 0.6 is 11.8 Å². The van der Waals surface area contributed by atoms with Gasteiger partial charge in [0.2, 0.25) is 5.91 Å². The van der Waals surface area contributed by atoms with E-state index in [1.54, 1.807) is 17.0 Å². The average molecular weight is 532 g/mol. The van der Waals surface area contributed by atoms with Crippen LogP contribution in [0.25, 0.3) is 0 Å². The van der Waals surface area contributed by atoms with Gasteiger partial charge in [0.15, 0.2) is 0 Å². The minimum absolute atomic E-state index is 0.00854. The molecule has 8 heteroatoms. The predicted octanol–water partition coefficient (Wildman–Crippen LogP) is 6.48. The van der Waals surface area contributed by atoms with E-state index in [9.17, 15) is 14.9 Å². The minimum Gasteiger partial charge on any atom is -0.493 e. The molecule has 3 aromatic carbocycles. The number of non-ortho nitro benzene ring substituents is 1. The maximum atomic E-state index is 12.6. The number of nitro groups is 1. The lowest BCUT2D eigenvalue weighted by Crippen LogP contribution is -2.35. The number of fused-ring (bicyclic) bond motifs is 1. The van der Waals surface area contributed by atoms with Crippen molar-refractivity contribution in [1.29, 1.82) is 0 Å². The van der Waals surface area contributed by atoms with Gasteiger partial charge in [-0.15, -0.1) is 0 Å². The van der Waals surface area contributed by atoms with Crippen molar-refractivity contribution < 1.29 is 14.5 Å². The van der Waals surface area contributed by atoms with Crippen LogP contribution in [0.5, 0.6) is 5.75 Å². The second kappa shape index (κ2) is 12.0. The third-order valence-electron chi connectivity index (χ3n) is 7.36. The number of anilines is 1. The third kappa shape index (κ3) is 6.03. The number of carbonyl (C=O) groups excluding carboxylic acids is 1. The highest BCUT2D eigenvalue weighted by molar-refractivity contribution is 8.00. The second-order valence-corrected chi connectivity index (χ2v) is 11.1. The number of nitrogens with zero attached hydrogens (tertiary/aromatic N) is 3. The van der Waals surface area contributed by atoms with Crippen molar-refractivity contribution >= 4 is 29.0 Å². The SMILES string of the molecule is CC(=O)N1c2ccccc2SC1c1cc([N+](=O)[O-])ccc1OCCCN1CCC(Cc2ccccc2)CC1. The number of thioether (sulfide) groups is 1. The van der Waals surface area contributed by atoms with Gasteiger partial charge in [-0.1, -0.05) is 54.2 Å². The van der Waals surface area contributed by atoms with Crippen molar-refractivity contribution in [2.24, 2.45) is 5.92 Å². The molecular formula is C30H33N3O4S. The number of piperidine rings is 1. The van der Waals surface area contributed by atoms with Crippen LogP contribution in [-0.4, -0.2) is 42.0 Å². The zero-order valence-electron chi connectivity index (χ0n) is 21.6. The van der Waals surface area contributed by atoms with Crippen LogP contribution in [0.1, 0.15) is 42.7 Å². The lowest BCUT2D eigenvalue weighted by Gasteiger charge is -2.32. The predicted molar refractivity (Wildman–Crippen MR) is 151 cm³/mol. The number of hydrogen-bond acceptors (Lipinski definition) is 6. The van der Waals surface area contributed by atoms with Crippen LogP contribution in [-0.2, 0) is 11.2 Å². The molecule has 0 N–H and O–H groups in total. The number of benzene rings is 3. The summed E-state index contributed by atoms with van der Waals surface area (Å²) in [6.45, 7) is 5.20. The van der Waals surface area contributed by atoms with Gasteiger partial charge in [-0.25, -0.2) is 0 Å². The molecule has 7 nitrogen and oxygen atoms in total. The lowest BCUT2D eigenvalue weighted by molar-refractivity contribution is -0.384. The topological polar surface area (TPSA) is 75.9 Å². The van der Waals surface area contributed by atoms with Crippen LogP contribution in [0.15, 0.2) is 77.7 Å². The van der Waals surface area contributed by atoms with Gasteiger partial charge < -0.3 is 9.64 Å². The fourth-order valence-electron chi connectivity index (χ4n) is 5.40. The number of ether oxygens (including phenoxy) is 1. The number of hydrogen-bond donors (Lipinski definition) is 0. The Bertz CT molecular complexity index is 1280. The Kier molecular flexibility index (Phi) is 8.29. The van der Waals surface area contributed by atoms with Gasteiger partial charge in [-0.3, -0.25) is 19.8 Å². The Balaban J connectivity index is 1.19. The summed E-state index contributed by atoms with van der Waals surface area (Å²) in [6, 6.07) is 23.1. The fourth-order valence-corrected chi connectivity index (χ4v) is 6.76. The number of para-hydroxylation sites is 1. The van der Waals surface area contributed by atoms with Crippen LogP contribution in [0.3, 0.4) is 0 Å². The van der Waals surface area contributed by atoms with E-state index < -0.39 is 10.3 Å². The summed E-state index contributed by atoms with van der Waals surface area (Å²) in [4.78, 5) is 28.9. The fraction of sp³-hybridized carbons (Fsp3) is 0.367.